The van der Waals surface area contributed by atoms with Crippen LogP contribution in [0.15, 0.2) is 36.4 Å². The zero-order valence-electron chi connectivity index (χ0n) is 13.1. The Bertz CT molecular complexity index is 801. The number of hydrogen-bond acceptors (Lipinski definition) is 2. The van der Waals surface area contributed by atoms with Crippen LogP contribution in [-0.2, 0) is 4.79 Å². The van der Waals surface area contributed by atoms with E-state index >= 15 is 0 Å². The quantitative estimate of drug-likeness (QED) is 0.835. The summed E-state index contributed by atoms with van der Waals surface area (Å²) in [5.74, 6) is -0.973. The van der Waals surface area contributed by atoms with E-state index in [-0.39, 0.29) is 12.0 Å². The highest BCUT2D eigenvalue weighted by Crippen LogP contribution is 2.43. The van der Waals surface area contributed by atoms with Gasteiger partial charge in [-0.05, 0) is 48.4 Å². The van der Waals surface area contributed by atoms with Crippen molar-refractivity contribution < 1.29 is 22.4 Å². The molecule has 1 heterocycles. The van der Waals surface area contributed by atoms with Crippen LogP contribution in [0, 0.1) is 5.82 Å². The van der Waals surface area contributed by atoms with Gasteiger partial charge in [-0.1, -0.05) is 18.2 Å². The number of carbonyl (C=O) groups excluding carboxylic acids is 1. The van der Waals surface area contributed by atoms with Gasteiger partial charge in [-0.3, -0.25) is 10.2 Å². The van der Waals surface area contributed by atoms with Crippen LogP contribution in [0.2, 0.25) is 0 Å². The van der Waals surface area contributed by atoms with E-state index in [2.05, 4.69) is 5.43 Å². The molecule has 128 valence electrons. The summed E-state index contributed by atoms with van der Waals surface area (Å²) in [6.07, 6.45) is -4.63. The van der Waals surface area contributed by atoms with Crippen molar-refractivity contribution in [3.8, 4) is 0 Å². The Hall–Kier alpha value is -2.15. The van der Waals surface area contributed by atoms with E-state index in [1.807, 2.05) is 0 Å². The van der Waals surface area contributed by atoms with Gasteiger partial charge in [0.05, 0.1) is 0 Å². The zero-order chi connectivity index (χ0) is 17.7. The Morgan fingerprint density at radius 2 is 1.79 bits per heavy atom. The lowest BCUT2D eigenvalue weighted by Crippen LogP contribution is -2.51. The molecule has 3 nitrogen and oxygen atoms in total. The van der Waals surface area contributed by atoms with Crippen molar-refractivity contribution in [1.82, 2.24) is 10.4 Å². The Kier molecular flexibility index (Phi) is 3.79. The minimum absolute atomic E-state index is 0.0260. The number of alkyl halides is 3. The Labute approximate surface area is 136 Å². The van der Waals surface area contributed by atoms with Crippen LogP contribution >= 0.6 is 0 Å². The van der Waals surface area contributed by atoms with Gasteiger partial charge in [-0.15, -0.1) is 0 Å². The minimum atomic E-state index is -4.60. The molecule has 0 bridgehead atoms. The fourth-order valence-corrected chi connectivity index (χ4v) is 3.11. The maximum absolute atomic E-state index is 13.7. The fraction of sp³-hybridized carbons (Fsp3) is 0.353. The van der Waals surface area contributed by atoms with Gasteiger partial charge in [0.1, 0.15) is 5.82 Å². The van der Waals surface area contributed by atoms with E-state index in [1.165, 1.54) is 36.4 Å². The van der Waals surface area contributed by atoms with Crippen LogP contribution < -0.4 is 5.43 Å². The van der Waals surface area contributed by atoms with Crippen LogP contribution in [0.25, 0.3) is 10.8 Å². The summed E-state index contributed by atoms with van der Waals surface area (Å²) in [5.41, 5.74) is 1.27. The van der Waals surface area contributed by atoms with Crippen molar-refractivity contribution in [3.05, 3.63) is 47.8 Å². The monoisotopic (exact) mass is 340 g/mol. The molecule has 1 atom stereocenters. The van der Waals surface area contributed by atoms with E-state index in [0.717, 1.165) is 5.01 Å². The van der Waals surface area contributed by atoms with Crippen LogP contribution in [0.4, 0.5) is 17.6 Å². The highest BCUT2D eigenvalue weighted by molar-refractivity contribution is 5.83. The molecule has 0 aromatic heterocycles. The van der Waals surface area contributed by atoms with Crippen molar-refractivity contribution in [2.75, 3.05) is 0 Å². The normalized spacial score (nSPS) is 19.5. The van der Waals surface area contributed by atoms with Crippen LogP contribution in [0.5, 0.6) is 0 Å². The van der Waals surface area contributed by atoms with Crippen LogP contribution in [0.1, 0.15) is 31.9 Å². The summed E-state index contributed by atoms with van der Waals surface area (Å²) >= 11 is 0. The number of nitrogens with zero attached hydrogens (tertiary/aromatic N) is 1. The molecule has 1 aliphatic rings. The summed E-state index contributed by atoms with van der Waals surface area (Å²) in [6, 6.07) is 6.15. The topological polar surface area (TPSA) is 32.3 Å². The molecule has 1 N–H and O–H groups in total. The van der Waals surface area contributed by atoms with Crippen molar-refractivity contribution in [2.45, 2.75) is 38.0 Å². The number of benzene rings is 2. The lowest BCUT2D eigenvalue weighted by atomic mass is 9.95. The third-order valence-corrected chi connectivity index (χ3v) is 4.20. The summed E-state index contributed by atoms with van der Waals surface area (Å²) < 4.78 is 54.6. The SMILES string of the molecule is CC1(C)CC(=O)NN1[C@@H](c1ccc2ccc(F)cc2c1)C(F)(F)F. The Morgan fingerprint density at radius 3 is 2.38 bits per heavy atom. The highest BCUT2D eigenvalue weighted by Gasteiger charge is 2.52. The third-order valence-electron chi connectivity index (χ3n) is 4.20. The van der Waals surface area contributed by atoms with E-state index < -0.39 is 29.5 Å². The first-order chi connectivity index (χ1) is 11.1. The maximum Gasteiger partial charge on any atom is 0.409 e. The smallest absolute Gasteiger partial charge is 0.287 e. The molecule has 0 spiro atoms. The van der Waals surface area contributed by atoms with Gasteiger partial charge >= 0.3 is 6.18 Å². The predicted octanol–water partition coefficient (Wildman–Crippen LogP) is 4.10. The second-order valence-corrected chi connectivity index (χ2v) is 6.59. The maximum atomic E-state index is 13.7. The standard InChI is InChI=1S/C17H16F4N2O/c1-16(2)9-14(24)22-23(16)15(17(19,20)21)11-4-3-10-5-6-13(18)8-12(10)7-11/h3-8,15H,9H2,1-2H3,(H,22,24)/t15-/m0/s1. The number of hydrogen-bond donors (Lipinski definition) is 1. The first-order valence-corrected chi connectivity index (χ1v) is 7.43. The molecule has 1 fully saturated rings. The summed E-state index contributed by atoms with van der Waals surface area (Å²) in [5, 5.41) is 1.96. The molecule has 0 saturated carbocycles. The molecule has 0 radical (unpaired) electrons. The summed E-state index contributed by atoms with van der Waals surface area (Å²) in [4.78, 5) is 11.6. The van der Waals surface area contributed by atoms with Gasteiger partial charge in [-0.25, -0.2) is 4.39 Å². The zero-order valence-corrected chi connectivity index (χ0v) is 13.1. The van der Waals surface area contributed by atoms with Gasteiger partial charge < -0.3 is 0 Å². The van der Waals surface area contributed by atoms with E-state index in [0.29, 0.717) is 10.8 Å². The Balaban J connectivity index is 2.12. The van der Waals surface area contributed by atoms with Crippen molar-refractivity contribution in [3.63, 3.8) is 0 Å². The molecule has 0 unspecified atom stereocenters. The molecular weight excluding hydrogens is 324 g/mol. The molecule has 24 heavy (non-hydrogen) atoms. The molecule has 1 amide bonds. The first-order valence-electron chi connectivity index (χ1n) is 7.43. The summed E-state index contributed by atoms with van der Waals surface area (Å²) in [6.45, 7) is 3.15. The van der Waals surface area contributed by atoms with Gasteiger partial charge in [0.15, 0.2) is 6.04 Å². The molecule has 3 rings (SSSR count). The highest BCUT2D eigenvalue weighted by atomic mass is 19.4. The van der Waals surface area contributed by atoms with Gasteiger partial charge in [0.2, 0.25) is 5.91 Å². The second kappa shape index (κ2) is 5.44. The Morgan fingerprint density at radius 1 is 1.12 bits per heavy atom. The van der Waals surface area contributed by atoms with Crippen LogP contribution in [-0.4, -0.2) is 22.6 Å². The van der Waals surface area contributed by atoms with Crippen molar-refractivity contribution in [1.29, 1.82) is 0 Å². The molecular formula is C17H16F4N2O. The average molecular weight is 340 g/mol. The predicted molar refractivity (Wildman–Crippen MR) is 81.4 cm³/mol. The lowest BCUT2D eigenvalue weighted by molar-refractivity contribution is -0.203. The first kappa shape index (κ1) is 16.7. The summed E-state index contributed by atoms with van der Waals surface area (Å²) in [7, 11) is 0. The minimum Gasteiger partial charge on any atom is -0.287 e. The van der Waals surface area contributed by atoms with Crippen molar-refractivity contribution >= 4 is 16.7 Å². The van der Waals surface area contributed by atoms with E-state index in [1.54, 1.807) is 13.8 Å². The van der Waals surface area contributed by atoms with Gasteiger partial charge in [0.25, 0.3) is 0 Å². The molecule has 7 heteroatoms. The van der Waals surface area contributed by atoms with E-state index in [4.69, 9.17) is 0 Å². The van der Waals surface area contributed by atoms with Gasteiger partial charge in [0, 0.05) is 12.0 Å². The van der Waals surface area contributed by atoms with Gasteiger partial charge in [-0.2, -0.15) is 18.2 Å². The van der Waals surface area contributed by atoms with Crippen molar-refractivity contribution in [2.24, 2.45) is 0 Å². The number of fused-ring (bicyclic) bond motifs is 1. The number of amides is 1. The molecule has 2 aromatic rings. The number of carbonyl (C=O) groups is 1. The lowest BCUT2D eigenvalue weighted by Gasteiger charge is -2.38. The molecule has 1 saturated heterocycles. The van der Waals surface area contributed by atoms with Crippen LogP contribution in [0.3, 0.4) is 0 Å². The van der Waals surface area contributed by atoms with E-state index in [9.17, 15) is 22.4 Å². The third kappa shape index (κ3) is 2.96. The number of hydrazine groups is 1. The average Bonchev–Trinajstić information content (AvgIpc) is 2.70. The largest absolute Gasteiger partial charge is 0.409 e. The molecule has 0 aliphatic carbocycles. The molecule has 1 aliphatic heterocycles. The number of rotatable bonds is 2. The number of nitrogens with one attached hydrogen (secondary N) is 1. The number of halogens is 4. The fourth-order valence-electron chi connectivity index (χ4n) is 3.11. The second-order valence-electron chi connectivity index (χ2n) is 6.59. The molecule has 2 aromatic carbocycles.